The van der Waals surface area contributed by atoms with E-state index in [2.05, 4.69) is 34.6 Å². The molecule has 2 aromatic rings. The third kappa shape index (κ3) is 4.20. The van der Waals surface area contributed by atoms with Crippen molar-refractivity contribution in [3.63, 3.8) is 0 Å². The molecule has 0 aliphatic rings. The molecule has 0 saturated heterocycles. The van der Waals surface area contributed by atoms with Crippen LogP contribution < -0.4 is 5.32 Å². The monoisotopic (exact) mass is 251 g/mol. The number of aromatic nitrogens is 1. The summed E-state index contributed by atoms with van der Waals surface area (Å²) in [5.74, 6) is 0. The van der Waals surface area contributed by atoms with Gasteiger partial charge in [0.2, 0.25) is 0 Å². The van der Waals surface area contributed by atoms with Gasteiger partial charge in [0, 0.05) is 18.4 Å². The normalized spacial score (nSPS) is 11.7. The van der Waals surface area contributed by atoms with Gasteiger partial charge in [-0.05, 0) is 30.2 Å². The Morgan fingerprint density at radius 3 is 2.68 bits per heavy atom. The van der Waals surface area contributed by atoms with Crippen LogP contribution in [0.25, 0.3) is 0 Å². The van der Waals surface area contributed by atoms with Crippen molar-refractivity contribution in [1.82, 2.24) is 10.3 Å². The molecule has 2 rings (SSSR count). The molecule has 1 unspecified atom stereocenters. The van der Waals surface area contributed by atoms with Crippen molar-refractivity contribution in [2.45, 2.75) is 18.9 Å². The fraction of sp³-hybridized carbons (Fsp3) is 0.250. The second-order valence-electron chi connectivity index (χ2n) is 4.39. The van der Waals surface area contributed by atoms with E-state index in [0.717, 1.165) is 18.5 Å². The Morgan fingerprint density at radius 1 is 1.16 bits per heavy atom. The number of benzene rings is 1. The number of nitrogens with one attached hydrogen (secondary N) is 1. The summed E-state index contributed by atoms with van der Waals surface area (Å²) in [4.78, 5) is 4.10. The third-order valence-corrected chi connectivity index (χ3v) is 3.02. The molecule has 1 aromatic heterocycles. The lowest BCUT2D eigenvalue weighted by molar-refractivity contribution is 0.545. The van der Waals surface area contributed by atoms with E-state index < -0.39 is 0 Å². The van der Waals surface area contributed by atoms with Crippen LogP contribution >= 0.6 is 0 Å². The summed E-state index contributed by atoms with van der Waals surface area (Å²) in [5, 5.41) is 12.3. The number of pyridine rings is 1. The summed E-state index contributed by atoms with van der Waals surface area (Å²) < 4.78 is 0. The van der Waals surface area contributed by atoms with Gasteiger partial charge in [0.1, 0.15) is 0 Å². The van der Waals surface area contributed by atoms with E-state index in [1.165, 1.54) is 5.56 Å². The second kappa shape index (κ2) is 7.30. The highest BCUT2D eigenvalue weighted by Gasteiger charge is 2.09. The summed E-state index contributed by atoms with van der Waals surface area (Å²) in [7, 11) is 0. The van der Waals surface area contributed by atoms with Gasteiger partial charge in [-0.15, -0.1) is 0 Å². The first-order valence-electron chi connectivity index (χ1n) is 6.44. The molecule has 0 fully saturated rings. The van der Waals surface area contributed by atoms with Gasteiger partial charge >= 0.3 is 0 Å². The Bertz CT molecular complexity index is 517. The smallest absolute Gasteiger partial charge is 0.0641 e. The minimum Gasteiger partial charge on any atom is -0.309 e. The van der Waals surface area contributed by atoms with Crippen LogP contribution in [-0.2, 0) is 6.42 Å². The van der Waals surface area contributed by atoms with E-state index in [9.17, 15) is 0 Å². The number of hydrogen-bond donors (Lipinski definition) is 1. The van der Waals surface area contributed by atoms with Crippen molar-refractivity contribution in [2.75, 3.05) is 6.54 Å². The van der Waals surface area contributed by atoms with Crippen LogP contribution in [0, 0.1) is 11.3 Å². The zero-order valence-corrected chi connectivity index (χ0v) is 10.8. The first-order valence-corrected chi connectivity index (χ1v) is 6.44. The van der Waals surface area contributed by atoms with E-state index >= 15 is 0 Å². The van der Waals surface area contributed by atoms with Gasteiger partial charge in [-0.3, -0.25) is 4.98 Å². The quantitative estimate of drug-likeness (QED) is 0.858. The molecule has 0 saturated carbocycles. The topological polar surface area (TPSA) is 48.7 Å². The first kappa shape index (κ1) is 13.3. The third-order valence-electron chi connectivity index (χ3n) is 3.02. The van der Waals surface area contributed by atoms with Gasteiger partial charge in [-0.2, -0.15) is 5.26 Å². The largest absolute Gasteiger partial charge is 0.309 e. The van der Waals surface area contributed by atoms with Crippen LogP contribution in [0.4, 0.5) is 0 Å². The minimum atomic E-state index is 0.0999. The molecule has 1 heterocycles. The predicted octanol–water partition coefficient (Wildman–Crippen LogP) is 2.87. The number of nitriles is 1. The zero-order chi connectivity index (χ0) is 13.3. The average Bonchev–Trinajstić information content (AvgIpc) is 2.48. The molecule has 1 N–H and O–H groups in total. The summed E-state index contributed by atoms with van der Waals surface area (Å²) in [6.45, 7) is 0.840. The van der Waals surface area contributed by atoms with Crippen molar-refractivity contribution in [1.29, 1.82) is 5.26 Å². The molecular formula is C16H17N3. The molecule has 96 valence electrons. The second-order valence-corrected chi connectivity index (χ2v) is 4.39. The van der Waals surface area contributed by atoms with Gasteiger partial charge in [-0.25, -0.2) is 0 Å². The Morgan fingerprint density at radius 2 is 2.00 bits per heavy atom. The SMILES string of the molecule is N#CCC(NCCc1cccnc1)c1ccccc1. The Kier molecular flexibility index (Phi) is 5.09. The lowest BCUT2D eigenvalue weighted by Crippen LogP contribution is -2.23. The van der Waals surface area contributed by atoms with Crippen LogP contribution in [0.2, 0.25) is 0 Å². The number of nitrogens with zero attached hydrogens (tertiary/aromatic N) is 2. The maximum atomic E-state index is 8.91. The molecule has 0 spiro atoms. The molecule has 3 nitrogen and oxygen atoms in total. The fourth-order valence-electron chi connectivity index (χ4n) is 2.02. The van der Waals surface area contributed by atoms with Gasteiger partial charge in [0.25, 0.3) is 0 Å². The molecule has 0 radical (unpaired) electrons. The van der Waals surface area contributed by atoms with Crippen molar-refractivity contribution < 1.29 is 0 Å². The van der Waals surface area contributed by atoms with Gasteiger partial charge in [0.05, 0.1) is 12.5 Å². The Hall–Kier alpha value is -2.18. The van der Waals surface area contributed by atoms with Gasteiger partial charge < -0.3 is 5.32 Å². The number of hydrogen-bond acceptors (Lipinski definition) is 3. The highest BCUT2D eigenvalue weighted by molar-refractivity contribution is 5.20. The van der Waals surface area contributed by atoms with E-state index in [-0.39, 0.29) is 6.04 Å². The molecule has 0 amide bonds. The lowest BCUT2D eigenvalue weighted by atomic mass is 10.0. The van der Waals surface area contributed by atoms with Crippen molar-refractivity contribution in [3.05, 3.63) is 66.0 Å². The summed E-state index contributed by atoms with van der Waals surface area (Å²) >= 11 is 0. The molecule has 1 aromatic carbocycles. The average molecular weight is 251 g/mol. The maximum absolute atomic E-state index is 8.91. The number of rotatable bonds is 6. The predicted molar refractivity (Wildman–Crippen MR) is 75.4 cm³/mol. The molecule has 19 heavy (non-hydrogen) atoms. The molecule has 0 aliphatic carbocycles. The highest BCUT2D eigenvalue weighted by Crippen LogP contribution is 2.15. The van der Waals surface area contributed by atoms with Gasteiger partial charge in [0.15, 0.2) is 0 Å². The fourth-order valence-corrected chi connectivity index (χ4v) is 2.02. The van der Waals surface area contributed by atoms with Crippen LogP contribution in [0.15, 0.2) is 54.9 Å². The van der Waals surface area contributed by atoms with Crippen LogP contribution in [0.3, 0.4) is 0 Å². The van der Waals surface area contributed by atoms with E-state index in [1.807, 2.05) is 30.5 Å². The van der Waals surface area contributed by atoms with Crippen LogP contribution in [0.5, 0.6) is 0 Å². The van der Waals surface area contributed by atoms with E-state index in [4.69, 9.17) is 5.26 Å². The summed E-state index contributed by atoms with van der Waals surface area (Å²) in [6, 6.07) is 16.5. The van der Waals surface area contributed by atoms with Crippen molar-refractivity contribution in [2.24, 2.45) is 0 Å². The minimum absolute atomic E-state index is 0.0999. The lowest BCUT2D eigenvalue weighted by Gasteiger charge is -2.16. The standard InChI is InChI=1S/C16H17N3/c17-10-8-16(15-6-2-1-3-7-15)19-12-9-14-5-4-11-18-13-14/h1-7,11,13,16,19H,8-9,12H2. The maximum Gasteiger partial charge on any atom is 0.0641 e. The van der Waals surface area contributed by atoms with Crippen molar-refractivity contribution >= 4 is 0 Å². The Balaban J connectivity index is 1.90. The van der Waals surface area contributed by atoms with Gasteiger partial charge in [-0.1, -0.05) is 36.4 Å². The Labute approximate surface area is 113 Å². The highest BCUT2D eigenvalue weighted by atomic mass is 14.9. The van der Waals surface area contributed by atoms with E-state index in [0.29, 0.717) is 6.42 Å². The zero-order valence-electron chi connectivity index (χ0n) is 10.8. The molecule has 1 atom stereocenters. The molecule has 0 aliphatic heterocycles. The first-order chi connectivity index (χ1) is 9.40. The molecular weight excluding hydrogens is 234 g/mol. The van der Waals surface area contributed by atoms with E-state index in [1.54, 1.807) is 6.20 Å². The molecule has 0 bridgehead atoms. The summed E-state index contributed by atoms with van der Waals surface area (Å²) in [6.07, 6.45) is 5.06. The molecule has 3 heteroatoms. The van der Waals surface area contributed by atoms with Crippen molar-refractivity contribution in [3.8, 4) is 6.07 Å². The van der Waals surface area contributed by atoms with Crippen LogP contribution in [-0.4, -0.2) is 11.5 Å². The summed E-state index contributed by atoms with van der Waals surface area (Å²) in [5.41, 5.74) is 2.37. The van der Waals surface area contributed by atoms with Crippen LogP contribution in [0.1, 0.15) is 23.6 Å².